The van der Waals surface area contributed by atoms with Crippen LogP contribution in [0.25, 0.3) is 0 Å². The molecule has 1 aromatic rings. The molecule has 1 aromatic carbocycles. The second-order valence-corrected chi connectivity index (χ2v) is 8.47. The van der Waals surface area contributed by atoms with Gasteiger partial charge in [0.15, 0.2) is 5.96 Å². The molecule has 0 saturated carbocycles. The number of nitrogens with one attached hydrogen (secondary N) is 1. The highest BCUT2D eigenvalue weighted by Gasteiger charge is 2.29. The number of halogens is 2. The average Bonchev–Trinajstić information content (AvgIpc) is 2.68. The minimum atomic E-state index is -0.231. The van der Waals surface area contributed by atoms with Crippen molar-refractivity contribution in [3.63, 3.8) is 0 Å². The van der Waals surface area contributed by atoms with E-state index in [9.17, 15) is 4.39 Å². The summed E-state index contributed by atoms with van der Waals surface area (Å²) in [6, 6.07) is 6.56. The fourth-order valence-corrected chi connectivity index (χ4v) is 4.11. The number of ether oxygens (including phenoxy) is 2. The van der Waals surface area contributed by atoms with Gasteiger partial charge in [-0.25, -0.2) is 4.39 Å². The number of rotatable bonds is 5. The number of nitrogens with zero attached hydrogens (tertiary/aromatic N) is 3. The zero-order valence-electron chi connectivity index (χ0n) is 18.5. The van der Waals surface area contributed by atoms with E-state index in [0.717, 1.165) is 50.9 Å². The van der Waals surface area contributed by atoms with Crippen molar-refractivity contribution >= 4 is 29.9 Å². The lowest BCUT2D eigenvalue weighted by Crippen LogP contribution is -2.54. The van der Waals surface area contributed by atoms with Gasteiger partial charge in [0.1, 0.15) is 11.9 Å². The number of morpholine rings is 2. The fourth-order valence-electron chi connectivity index (χ4n) is 4.11. The van der Waals surface area contributed by atoms with E-state index in [2.05, 4.69) is 40.9 Å². The third kappa shape index (κ3) is 7.32. The van der Waals surface area contributed by atoms with Crippen LogP contribution in [0.3, 0.4) is 0 Å². The lowest BCUT2D eigenvalue weighted by Gasteiger charge is -2.39. The first kappa shape index (κ1) is 25.3. The van der Waals surface area contributed by atoms with Crippen molar-refractivity contribution in [3.8, 4) is 0 Å². The quantitative estimate of drug-likeness (QED) is 0.358. The van der Waals surface area contributed by atoms with Crippen molar-refractivity contribution in [3.05, 3.63) is 35.6 Å². The summed E-state index contributed by atoms with van der Waals surface area (Å²) in [4.78, 5) is 9.18. The molecule has 170 valence electrons. The Hall–Kier alpha value is -0.970. The lowest BCUT2D eigenvalue weighted by molar-refractivity contribution is -0.0611. The second-order valence-electron chi connectivity index (χ2n) is 8.47. The van der Waals surface area contributed by atoms with Crippen LogP contribution in [0, 0.1) is 11.7 Å². The van der Waals surface area contributed by atoms with Gasteiger partial charge >= 0.3 is 0 Å². The predicted molar refractivity (Wildman–Crippen MR) is 129 cm³/mol. The van der Waals surface area contributed by atoms with E-state index in [1.54, 1.807) is 12.1 Å². The van der Waals surface area contributed by atoms with Crippen LogP contribution in [0.2, 0.25) is 0 Å². The van der Waals surface area contributed by atoms with Gasteiger partial charge in [-0.05, 0) is 30.5 Å². The molecule has 2 aliphatic rings. The summed E-state index contributed by atoms with van der Waals surface area (Å²) in [5, 5.41) is 3.49. The maximum absolute atomic E-state index is 13.3. The van der Waals surface area contributed by atoms with Crippen molar-refractivity contribution in [2.75, 3.05) is 52.9 Å². The molecule has 6 nitrogen and oxygen atoms in total. The molecule has 0 spiro atoms. The topological polar surface area (TPSA) is 49.3 Å². The van der Waals surface area contributed by atoms with E-state index < -0.39 is 0 Å². The Bertz CT molecular complexity index is 674. The molecule has 0 aromatic heterocycles. The van der Waals surface area contributed by atoms with Gasteiger partial charge in [-0.2, -0.15) is 0 Å². The van der Waals surface area contributed by atoms with E-state index in [0.29, 0.717) is 12.5 Å². The maximum atomic E-state index is 13.3. The minimum absolute atomic E-state index is 0. The summed E-state index contributed by atoms with van der Waals surface area (Å²) >= 11 is 0. The van der Waals surface area contributed by atoms with E-state index in [1.165, 1.54) is 12.1 Å². The van der Waals surface area contributed by atoms with Gasteiger partial charge < -0.3 is 19.7 Å². The Morgan fingerprint density at radius 2 is 1.97 bits per heavy atom. The Morgan fingerprint density at radius 3 is 2.63 bits per heavy atom. The summed E-state index contributed by atoms with van der Waals surface area (Å²) in [5.74, 6) is 1.29. The Labute approximate surface area is 197 Å². The Balaban J connectivity index is 0.00000320. The van der Waals surface area contributed by atoms with E-state index in [1.807, 2.05) is 7.05 Å². The van der Waals surface area contributed by atoms with Crippen molar-refractivity contribution in [2.24, 2.45) is 10.9 Å². The van der Waals surface area contributed by atoms with Gasteiger partial charge in [0, 0.05) is 39.8 Å². The van der Waals surface area contributed by atoms with Crippen LogP contribution in [0.1, 0.15) is 32.4 Å². The molecule has 1 N–H and O–H groups in total. The van der Waals surface area contributed by atoms with Crippen molar-refractivity contribution in [2.45, 2.75) is 39.1 Å². The second kappa shape index (κ2) is 12.2. The zero-order valence-corrected chi connectivity index (χ0v) is 20.8. The van der Waals surface area contributed by atoms with E-state index in [-0.39, 0.29) is 48.1 Å². The highest BCUT2D eigenvalue weighted by atomic mass is 127. The third-order valence-electron chi connectivity index (χ3n) is 5.35. The van der Waals surface area contributed by atoms with Crippen LogP contribution < -0.4 is 5.32 Å². The van der Waals surface area contributed by atoms with Gasteiger partial charge in [0.05, 0.1) is 25.4 Å². The first-order chi connectivity index (χ1) is 13.9. The number of aliphatic imine (C=N–C) groups is 1. The summed E-state index contributed by atoms with van der Waals surface area (Å²) < 4.78 is 25.3. The lowest BCUT2D eigenvalue weighted by atomic mass is 10.1. The van der Waals surface area contributed by atoms with Crippen LogP contribution in [0.4, 0.5) is 4.39 Å². The van der Waals surface area contributed by atoms with Crippen molar-refractivity contribution in [1.82, 2.24) is 15.1 Å². The molecular weight excluding hydrogens is 498 g/mol. The summed E-state index contributed by atoms with van der Waals surface area (Å²) in [5.41, 5.74) is 0.985. The normalized spacial score (nSPS) is 25.9. The molecule has 0 aliphatic carbocycles. The Morgan fingerprint density at radius 1 is 1.23 bits per heavy atom. The molecule has 0 radical (unpaired) electrons. The zero-order chi connectivity index (χ0) is 20.8. The first-order valence-corrected chi connectivity index (χ1v) is 10.6. The number of benzene rings is 1. The van der Waals surface area contributed by atoms with Crippen LogP contribution in [-0.4, -0.2) is 80.9 Å². The highest BCUT2D eigenvalue weighted by molar-refractivity contribution is 14.0. The van der Waals surface area contributed by atoms with Crippen LogP contribution in [0.15, 0.2) is 29.3 Å². The molecule has 3 atom stereocenters. The SMILES string of the molecule is CN=C(NCC1CN(CC(C)C)CCO1)N1CC(C)OC(c2ccc(F)cc2)C1.I. The molecule has 30 heavy (non-hydrogen) atoms. The summed E-state index contributed by atoms with van der Waals surface area (Å²) in [6.45, 7) is 12.6. The fraction of sp³-hybridized carbons (Fsp3) is 0.682. The molecular formula is C22H36FIN4O2. The first-order valence-electron chi connectivity index (χ1n) is 10.6. The molecule has 3 rings (SSSR count). The number of guanidine groups is 1. The number of hydrogen-bond donors (Lipinski definition) is 1. The molecule has 2 heterocycles. The van der Waals surface area contributed by atoms with Gasteiger partial charge in [-0.1, -0.05) is 26.0 Å². The van der Waals surface area contributed by atoms with Crippen molar-refractivity contribution in [1.29, 1.82) is 0 Å². The van der Waals surface area contributed by atoms with Gasteiger partial charge in [-0.3, -0.25) is 9.89 Å². The van der Waals surface area contributed by atoms with Gasteiger partial charge in [0.2, 0.25) is 0 Å². The molecule has 2 saturated heterocycles. The molecule has 3 unspecified atom stereocenters. The number of hydrogen-bond acceptors (Lipinski definition) is 4. The summed E-state index contributed by atoms with van der Waals surface area (Å²) in [6.07, 6.45) is 0.112. The molecule has 8 heteroatoms. The van der Waals surface area contributed by atoms with Gasteiger partial charge in [-0.15, -0.1) is 24.0 Å². The van der Waals surface area contributed by atoms with E-state index in [4.69, 9.17) is 9.47 Å². The van der Waals surface area contributed by atoms with E-state index >= 15 is 0 Å². The largest absolute Gasteiger partial charge is 0.374 e. The minimum Gasteiger partial charge on any atom is -0.374 e. The predicted octanol–water partition coefficient (Wildman–Crippen LogP) is 3.14. The van der Waals surface area contributed by atoms with Crippen LogP contribution in [0.5, 0.6) is 0 Å². The molecule has 0 bridgehead atoms. The molecule has 2 fully saturated rings. The monoisotopic (exact) mass is 534 g/mol. The highest BCUT2D eigenvalue weighted by Crippen LogP contribution is 2.25. The van der Waals surface area contributed by atoms with Crippen LogP contribution in [-0.2, 0) is 9.47 Å². The average molecular weight is 534 g/mol. The molecule has 0 amide bonds. The van der Waals surface area contributed by atoms with Crippen molar-refractivity contribution < 1.29 is 13.9 Å². The Kier molecular flexibility index (Phi) is 10.3. The third-order valence-corrected chi connectivity index (χ3v) is 5.35. The maximum Gasteiger partial charge on any atom is 0.193 e. The molecule has 2 aliphatic heterocycles. The van der Waals surface area contributed by atoms with Gasteiger partial charge in [0.25, 0.3) is 0 Å². The van der Waals surface area contributed by atoms with Crippen LogP contribution >= 0.6 is 24.0 Å². The standard InChI is InChI=1S/C22H35FN4O2.HI/c1-16(2)12-26-9-10-28-20(14-26)11-25-22(24-4)27-13-17(3)29-21(15-27)18-5-7-19(23)8-6-18;/h5-8,16-17,20-21H,9-15H2,1-4H3,(H,24,25);1H. The smallest absolute Gasteiger partial charge is 0.193 e. The summed E-state index contributed by atoms with van der Waals surface area (Å²) in [7, 11) is 1.81.